The molecule has 6 heteroatoms. The van der Waals surface area contributed by atoms with Crippen molar-refractivity contribution in [1.82, 2.24) is 10.3 Å². The third-order valence-corrected chi connectivity index (χ3v) is 3.61. The first-order chi connectivity index (χ1) is 8.99. The lowest BCUT2D eigenvalue weighted by molar-refractivity contribution is -0.142. The third-order valence-electron chi connectivity index (χ3n) is 3.61. The Hall–Kier alpha value is -1.85. The van der Waals surface area contributed by atoms with Gasteiger partial charge < -0.3 is 14.8 Å². The van der Waals surface area contributed by atoms with Gasteiger partial charge in [-0.25, -0.2) is 4.98 Å². The van der Waals surface area contributed by atoms with E-state index in [-0.39, 0.29) is 23.5 Å². The summed E-state index contributed by atoms with van der Waals surface area (Å²) in [5.41, 5.74) is 0.552. The highest BCUT2D eigenvalue weighted by Gasteiger charge is 2.33. The second-order valence-corrected chi connectivity index (χ2v) is 4.99. The molecular weight excluding hydrogens is 248 g/mol. The number of carbonyl (C=O) groups excluding carboxylic acids is 1. The Balaban J connectivity index is 1.94. The largest absolute Gasteiger partial charge is 0.481 e. The molecule has 0 aromatic carbocycles. The van der Waals surface area contributed by atoms with Gasteiger partial charge in [-0.05, 0) is 25.7 Å². The second-order valence-electron chi connectivity index (χ2n) is 4.99. The van der Waals surface area contributed by atoms with Crippen molar-refractivity contribution in [3.05, 3.63) is 17.3 Å². The van der Waals surface area contributed by atoms with Crippen molar-refractivity contribution in [3.8, 4) is 0 Å². The molecule has 1 amide bonds. The summed E-state index contributed by atoms with van der Waals surface area (Å²) >= 11 is 0. The van der Waals surface area contributed by atoms with Gasteiger partial charge in [0.25, 0.3) is 5.91 Å². The molecule has 19 heavy (non-hydrogen) atoms. The number of carboxylic acids is 1. The van der Waals surface area contributed by atoms with Gasteiger partial charge in [0.15, 0.2) is 5.89 Å². The summed E-state index contributed by atoms with van der Waals surface area (Å²) in [7, 11) is 0. The number of amides is 1. The van der Waals surface area contributed by atoms with Crippen LogP contribution >= 0.6 is 0 Å². The molecule has 1 aliphatic rings. The van der Waals surface area contributed by atoms with E-state index in [1.54, 1.807) is 13.8 Å². The van der Waals surface area contributed by atoms with Gasteiger partial charge in [-0.3, -0.25) is 9.59 Å². The summed E-state index contributed by atoms with van der Waals surface area (Å²) < 4.78 is 5.23. The highest BCUT2D eigenvalue weighted by atomic mass is 16.4. The standard InChI is InChI=1S/C13H18N2O4/c1-7-11(19-8(2)15-7)12(16)14-6-9-4-3-5-10(9)13(17)18/h9-10H,3-6H2,1-2H3,(H,14,16)(H,17,18). The van der Waals surface area contributed by atoms with Crippen LogP contribution in [-0.2, 0) is 4.79 Å². The maximum atomic E-state index is 11.9. The Morgan fingerprint density at radius 1 is 1.42 bits per heavy atom. The number of aliphatic carboxylic acids is 1. The molecule has 2 N–H and O–H groups in total. The molecule has 0 spiro atoms. The van der Waals surface area contributed by atoms with E-state index in [4.69, 9.17) is 9.52 Å². The van der Waals surface area contributed by atoms with Gasteiger partial charge in [0.2, 0.25) is 5.76 Å². The Morgan fingerprint density at radius 3 is 2.74 bits per heavy atom. The summed E-state index contributed by atoms with van der Waals surface area (Å²) in [6.07, 6.45) is 2.43. The number of carboxylic acid groups (broad SMARTS) is 1. The van der Waals surface area contributed by atoms with Crippen molar-refractivity contribution in [1.29, 1.82) is 0 Å². The van der Waals surface area contributed by atoms with Crippen molar-refractivity contribution >= 4 is 11.9 Å². The maximum Gasteiger partial charge on any atom is 0.306 e. The van der Waals surface area contributed by atoms with Crippen molar-refractivity contribution in [2.75, 3.05) is 6.54 Å². The molecule has 2 unspecified atom stereocenters. The highest BCUT2D eigenvalue weighted by Crippen LogP contribution is 2.31. The fourth-order valence-electron chi connectivity index (χ4n) is 2.65. The van der Waals surface area contributed by atoms with E-state index < -0.39 is 5.97 Å². The summed E-state index contributed by atoms with van der Waals surface area (Å²) in [6.45, 7) is 3.76. The molecule has 0 radical (unpaired) electrons. The van der Waals surface area contributed by atoms with Crippen LogP contribution in [-0.4, -0.2) is 28.5 Å². The second kappa shape index (κ2) is 5.42. The molecule has 2 atom stereocenters. The predicted octanol–water partition coefficient (Wildman–Crippen LogP) is 1.52. The average molecular weight is 266 g/mol. The molecule has 1 saturated carbocycles. The van der Waals surface area contributed by atoms with Crippen molar-refractivity contribution in [2.24, 2.45) is 11.8 Å². The minimum Gasteiger partial charge on any atom is -0.481 e. The van der Waals surface area contributed by atoms with Crippen molar-refractivity contribution in [3.63, 3.8) is 0 Å². The van der Waals surface area contributed by atoms with Crippen molar-refractivity contribution in [2.45, 2.75) is 33.1 Å². The average Bonchev–Trinajstić information content (AvgIpc) is 2.92. The van der Waals surface area contributed by atoms with E-state index in [0.717, 1.165) is 12.8 Å². The van der Waals surface area contributed by atoms with E-state index in [2.05, 4.69) is 10.3 Å². The zero-order valence-corrected chi connectivity index (χ0v) is 11.1. The van der Waals surface area contributed by atoms with E-state index in [0.29, 0.717) is 24.6 Å². The fourth-order valence-corrected chi connectivity index (χ4v) is 2.65. The molecule has 104 valence electrons. The van der Waals surface area contributed by atoms with Crippen LogP contribution in [0.2, 0.25) is 0 Å². The Bertz CT molecular complexity index is 495. The van der Waals surface area contributed by atoms with Crippen LogP contribution in [0.25, 0.3) is 0 Å². The minimum atomic E-state index is -0.775. The Labute approximate surface area is 111 Å². The Kier molecular flexibility index (Phi) is 3.87. The molecule has 1 aromatic rings. The maximum absolute atomic E-state index is 11.9. The normalized spacial score (nSPS) is 22.4. The van der Waals surface area contributed by atoms with Crippen LogP contribution in [0.4, 0.5) is 0 Å². The third kappa shape index (κ3) is 2.94. The van der Waals surface area contributed by atoms with Crippen LogP contribution in [0.5, 0.6) is 0 Å². The summed E-state index contributed by atoms with van der Waals surface area (Å²) in [5, 5.41) is 11.8. The van der Waals surface area contributed by atoms with E-state index >= 15 is 0 Å². The van der Waals surface area contributed by atoms with Crippen LogP contribution in [0, 0.1) is 25.7 Å². The number of oxazole rings is 1. The molecule has 1 aromatic heterocycles. The first-order valence-corrected chi connectivity index (χ1v) is 6.44. The highest BCUT2D eigenvalue weighted by molar-refractivity contribution is 5.92. The number of aryl methyl sites for hydroxylation is 2. The van der Waals surface area contributed by atoms with Crippen LogP contribution < -0.4 is 5.32 Å². The molecule has 1 fully saturated rings. The SMILES string of the molecule is Cc1nc(C)c(C(=O)NCC2CCCC2C(=O)O)o1. The first-order valence-electron chi connectivity index (χ1n) is 6.44. The van der Waals surface area contributed by atoms with E-state index in [9.17, 15) is 9.59 Å². The van der Waals surface area contributed by atoms with E-state index in [1.807, 2.05) is 0 Å². The number of nitrogens with zero attached hydrogens (tertiary/aromatic N) is 1. The van der Waals surface area contributed by atoms with Crippen LogP contribution in [0.1, 0.15) is 41.4 Å². The van der Waals surface area contributed by atoms with Gasteiger partial charge in [0.05, 0.1) is 11.6 Å². The zero-order valence-electron chi connectivity index (χ0n) is 11.1. The lowest BCUT2D eigenvalue weighted by Crippen LogP contribution is -2.33. The zero-order chi connectivity index (χ0) is 14.0. The molecule has 6 nitrogen and oxygen atoms in total. The van der Waals surface area contributed by atoms with Gasteiger partial charge in [0.1, 0.15) is 0 Å². The fraction of sp³-hybridized carbons (Fsp3) is 0.615. The van der Waals surface area contributed by atoms with Gasteiger partial charge in [0, 0.05) is 13.5 Å². The molecular formula is C13H18N2O4. The molecule has 1 aliphatic carbocycles. The van der Waals surface area contributed by atoms with Crippen LogP contribution in [0.3, 0.4) is 0 Å². The quantitative estimate of drug-likeness (QED) is 0.862. The van der Waals surface area contributed by atoms with E-state index in [1.165, 1.54) is 0 Å². The molecule has 0 aliphatic heterocycles. The molecule has 2 rings (SSSR count). The topological polar surface area (TPSA) is 92.4 Å². The monoisotopic (exact) mass is 266 g/mol. The number of rotatable bonds is 4. The number of hydrogen-bond donors (Lipinski definition) is 2. The molecule has 0 saturated heterocycles. The first kappa shape index (κ1) is 13.6. The summed E-state index contributed by atoms with van der Waals surface area (Å²) in [6, 6.07) is 0. The number of carbonyl (C=O) groups is 2. The van der Waals surface area contributed by atoms with Crippen LogP contribution in [0.15, 0.2) is 4.42 Å². The minimum absolute atomic E-state index is 0.00535. The molecule has 1 heterocycles. The smallest absolute Gasteiger partial charge is 0.306 e. The number of hydrogen-bond acceptors (Lipinski definition) is 4. The Morgan fingerprint density at radius 2 is 2.16 bits per heavy atom. The summed E-state index contributed by atoms with van der Waals surface area (Å²) in [4.78, 5) is 27.0. The number of aromatic nitrogens is 1. The lowest BCUT2D eigenvalue weighted by Gasteiger charge is -2.15. The van der Waals surface area contributed by atoms with Gasteiger partial charge >= 0.3 is 5.97 Å². The molecule has 0 bridgehead atoms. The van der Waals surface area contributed by atoms with Crippen molar-refractivity contribution < 1.29 is 19.1 Å². The predicted molar refractivity (Wildman–Crippen MR) is 66.8 cm³/mol. The summed E-state index contributed by atoms with van der Waals surface area (Å²) in [5.74, 6) is -0.782. The number of nitrogens with one attached hydrogen (secondary N) is 1. The lowest BCUT2D eigenvalue weighted by atomic mass is 9.96. The van der Waals surface area contributed by atoms with Gasteiger partial charge in [-0.1, -0.05) is 6.42 Å². The van der Waals surface area contributed by atoms with Gasteiger partial charge in [-0.2, -0.15) is 0 Å². The van der Waals surface area contributed by atoms with Gasteiger partial charge in [-0.15, -0.1) is 0 Å².